The Morgan fingerprint density at radius 3 is 0.892 bits per heavy atom. The van der Waals surface area contributed by atoms with Crippen LogP contribution in [0.5, 0.6) is 23.0 Å². The number of para-hydroxylation sites is 4. The molecule has 2 aliphatic carbocycles. The van der Waals surface area contributed by atoms with Gasteiger partial charge in [0.1, 0.15) is 23.0 Å². The zero-order chi connectivity index (χ0) is 85.8. The molecule has 0 bridgehead atoms. The minimum atomic E-state index is -0.827. The summed E-state index contributed by atoms with van der Waals surface area (Å²) in [5.41, 5.74) is 33.0. The third kappa shape index (κ3) is 12.4. The maximum atomic E-state index is 7.31. The molecular formula is C119H73N9O2. The van der Waals surface area contributed by atoms with Crippen LogP contribution in [-0.2, 0) is 10.8 Å². The molecule has 21 aromatic rings. The van der Waals surface area contributed by atoms with Gasteiger partial charge in [-0.1, -0.05) is 358 Å². The van der Waals surface area contributed by atoms with E-state index in [4.69, 9.17) is 49.3 Å². The zero-order valence-corrected chi connectivity index (χ0v) is 70.0. The lowest BCUT2D eigenvalue weighted by atomic mass is 9.65. The molecule has 0 N–H and O–H groups in total. The Labute approximate surface area is 750 Å². The van der Waals surface area contributed by atoms with E-state index in [2.05, 4.69) is 357 Å². The van der Waals surface area contributed by atoms with E-state index in [1.807, 2.05) is 91.4 Å². The van der Waals surface area contributed by atoms with Gasteiger partial charge in [-0.3, -0.25) is 15.0 Å². The van der Waals surface area contributed by atoms with Crippen LogP contribution >= 0.6 is 0 Å². The van der Waals surface area contributed by atoms with Crippen LogP contribution in [-0.4, -0.2) is 44.9 Å². The molecule has 130 heavy (non-hydrogen) atoms. The molecule has 1 atom stereocenters. The van der Waals surface area contributed by atoms with Crippen molar-refractivity contribution in [3.05, 3.63) is 488 Å². The van der Waals surface area contributed by atoms with E-state index < -0.39 is 10.8 Å². The Morgan fingerprint density at radius 2 is 0.469 bits per heavy atom. The van der Waals surface area contributed by atoms with Crippen molar-refractivity contribution in [3.8, 4) is 203 Å². The maximum absolute atomic E-state index is 7.31. The summed E-state index contributed by atoms with van der Waals surface area (Å²) in [7, 11) is 0. The second kappa shape index (κ2) is 30.8. The Morgan fingerprint density at radius 1 is 0.169 bits per heavy atom. The molecule has 0 saturated heterocycles. The number of aromatic nitrogens is 9. The second-order valence-electron chi connectivity index (χ2n) is 33.3. The lowest BCUT2D eigenvalue weighted by Gasteiger charge is -2.40. The highest BCUT2D eigenvalue weighted by molar-refractivity contribution is 5.99. The van der Waals surface area contributed by atoms with E-state index in [1.165, 1.54) is 5.56 Å². The van der Waals surface area contributed by atoms with Crippen LogP contribution in [0.25, 0.3) is 180 Å². The van der Waals surface area contributed by atoms with E-state index in [9.17, 15) is 0 Å². The van der Waals surface area contributed by atoms with E-state index >= 15 is 0 Å². The fourth-order valence-electron chi connectivity index (χ4n) is 20.2. The number of pyridine rings is 3. The number of nitrogens with zero attached hydrogens (tertiary/aromatic N) is 9. The highest BCUT2D eigenvalue weighted by atomic mass is 16.5. The summed E-state index contributed by atoms with van der Waals surface area (Å²) in [6, 6.07) is 149. The van der Waals surface area contributed by atoms with Crippen LogP contribution in [0.15, 0.2) is 443 Å². The van der Waals surface area contributed by atoms with E-state index in [-0.39, 0.29) is 0 Å². The Balaban J connectivity index is 0.560. The lowest BCUT2D eigenvalue weighted by Crippen LogP contribution is -2.32. The van der Waals surface area contributed by atoms with Crippen molar-refractivity contribution in [3.63, 3.8) is 0 Å². The van der Waals surface area contributed by atoms with Crippen LogP contribution in [0.3, 0.4) is 0 Å². The molecule has 0 fully saturated rings. The van der Waals surface area contributed by atoms with Crippen LogP contribution < -0.4 is 9.47 Å². The summed E-state index contributed by atoms with van der Waals surface area (Å²) < 4.78 is 14.0. The molecule has 2 aliphatic heterocycles. The topological polar surface area (TPSA) is 134 Å². The Kier molecular flexibility index (Phi) is 17.8. The molecule has 2 spiro atoms. The molecule has 11 nitrogen and oxygen atoms in total. The third-order valence-electron chi connectivity index (χ3n) is 26.2. The molecule has 4 aliphatic rings. The molecule has 0 radical (unpaired) electrons. The fourth-order valence-corrected chi connectivity index (χ4v) is 20.2. The molecule has 25 rings (SSSR count). The van der Waals surface area contributed by atoms with Crippen molar-refractivity contribution in [2.75, 3.05) is 0 Å². The van der Waals surface area contributed by atoms with Gasteiger partial charge in [0.2, 0.25) is 0 Å². The van der Waals surface area contributed by atoms with Gasteiger partial charge in [0.05, 0.1) is 27.9 Å². The average Bonchev–Trinajstić information content (AvgIpc) is 1.51. The molecule has 606 valence electrons. The number of rotatable bonds is 14. The van der Waals surface area contributed by atoms with Crippen molar-refractivity contribution in [2.24, 2.45) is 0 Å². The predicted molar refractivity (Wildman–Crippen MR) is 517 cm³/mol. The highest BCUT2D eigenvalue weighted by Crippen LogP contribution is 2.66. The summed E-state index contributed by atoms with van der Waals surface area (Å²) >= 11 is 0. The van der Waals surface area contributed by atoms with Crippen molar-refractivity contribution >= 4 is 0 Å². The van der Waals surface area contributed by atoms with Gasteiger partial charge < -0.3 is 9.47 Å². The summed E-state index contributed by atoms with van der Waals surface area (Å²) in [5, 5.41) is 0. The van der Waals surface area contributed by atoms with Crippen LogP contribution in [0.1, 0.15) is 44.5 Å². The molecule has 1 unspecified atom stereocenters. The number of benzene rings is 16. The van der Waals surface area contributed by atoms with Crippen molar-refractivity contribution in [1.29, 1.82) is 0 Å². The molecular weight excluding hydrogens is 1590 g/mol. The maximum Gasteiger partial charge on any atom is 0.164 e. The Hall–Kier alpha value is -17.4. The first-order valence-corrected chi connectivity index (χ1v) is 43.8. The largest absolute Gasteiger partial charge is 0.457 e. The summed E-state index contributed by atoms with van der Waals surface area (Å²) in [4.78, 5) is 47.2. The lowest BCUT2D eigenvalue weighted by molar-refractivity contribution is 0.436. The van der Waals surface area contributed by atoms with E-state index in [0.29, 0.717) is 34.9 Å². The van der Waals surface area contributed by atoms with Gasteiger partial charge in [0.15, 0.2) is 34.9 Å². The monoisotopic (exact) mass is 1660 g/mol. The minimum Gasteiger partial charge on any atom is -0.457 e. The van der Waals surface area contributed by atoms with Gasteiger partial charge in [-0.15, -0.1) is 0 Å². The van der Waals surface area contributed by atoms with Gasteiger partial charge in [-0.05, 0) is 156 Å². The molecule has 7 heterocycles. The predicted octanol–water partition coefficient (Wildman–Crippen LogP) is 28.5. The van der Waals surface area contributed by atoms with Crippen LogP contribution in [0.2, 0.25) is 0 Å². The summed E-state index contributed by atoms with van der Waals surface area (Å²) in [6.07, 6.45) is 5.64. The van der Waals surface area contributed by atoms with Gasteiger partial charge in [-0.25, -0.2) is 29.9 Å². The van der Waals surface area contributed by atoms with Crippen molar-refractivity contribution in [2.45, 2.75) is 10.8 Å². The number of ether oxygens (including phenoxy) is 2. The first kappa shape index (κ1) is 75.1. The molecule has 0 amide bonds. The number of hydrogen-bond donors (Lipinski definition) is 0. The second-order valence-corrected chi connectivity index (χ2v) is 33.3. The van der Waals surface area contributed by atoms with E-state index in [1.54, 1.807) is 0 Å². The van der Waals surface area contributed by atoms with E-state index in [0.717, 1.165) is 207 Å². The SMILES string of the molecule is c1ccc(-c2nc(-c3cc(-c4ccc(-c5ccccn5)cc4)cc(-c4ccc(-c5ccc(-c6cccc7c6Oc6ccccc6C76c7ccccc7-c7c(-c8nc(-c9ccccc9)nc(-c9ccc(-c%10ccc(-c%11ccc(-c%12ccccn%12)cc%11)cc%10)cc9)n8)cccc76)cn5)cc4)c3)nc(-c3cccc4c3-c3ccccc3C43c4ccccc4Oc4ccccc43)n2)cc1. The summed E-state index contributed by atoms with van der Waals surface area (Å²) in [6.45, 7) is 0. The average molecular weight is 1660 g/mol. The third-order valence-corrected chi connectivity index (χ3v) is 26.2. The first-order chi connectivity index (χ1) is 64.4. The van der Waals surface area contributed by atoms with Crippen molar-refractivity contribution in [1.82, 2.24) is 44.9 Å². The smallest absolute Gasteiger partial charge is 0.164 e. The Bertz CT molecular complexity index is 8000. The van der Waals surface area contributed by atoms with Gasteiger partial charge >= 0.3 is 0 Å². The summed E-state index contributed by atoms with van der Waals surface area (Å²) in [5.74, 6) is 6.59. The van der Waals surface area contributed by atoms with Crippen LogP contribution in [0, 0.1) is 0 Å². The quantitative estimate of drug-likeness (QED) is 0.103. The van der Waals surface area contributed by atoms with Crippen LogP contribution in [0.4, 0.5) is 0 Å². The molecule has 0 saturated carbocycles. The van der Waals surface area contributed by atoms with Crippen molar-refractivity contribution < 1.29 is 9.47 Å². The standard InChI is InChI=1S/C119H73N9O2/c1-3-24-83(25-4-1)112-123-114(85-64-56-77(57-65-85)75-48-46-74(47-49-75)76-50-58-80(59-51-76)103-41-17-19-68-120-103)127-116(125-112)94-32-23-39-101-110(94)92-29-8-10-34-96(92)119(101)99-37-13-16-45-108(99)130-111-90(30-21-40-102(111)119)86-66-67-105(122-73-86)82-62-54-79(55-63-82)88-70-87(78-52-60-81(61-53-78)104-42-18-20-69-121-104)71-89(72-88)115-124-113(84-26-5-2-6-27-84)126-117(128-115)93-31-22-38-100-109(93)91-28-7-9-33-95(91)118(100)97-35-11-14-43-106(97)129-107-44-15-12-36-98(107)118/h1-73H. The molecule has 5 aromatic heterocycles. The van der Waals surface area contributed by atoms with Gasteiger partial charge in [0.25, 0.3) is 0 Å². The number of fused-ring (bicyclic) bond motifs is 18. The first-order valence-electron chi connectivity index (χ1n) is 43.8. The highest BCUT2D eigenvalue weighted by Gasteiger charge is 2.54. The van der Waals surface area contributed by atoms with Gasteiger partial charge in [-0.2, -0.15) is 0 Å². The minimum absolute atomic E-state index is 0.539. The number of hydrogen-bond acceptors (Lipinski definition) is 11. The van der Waals surface area contributed by atoms with Gasteiger partial charge in [0, 0.05) is 102 Å². The molecule has 16 aromatic carbocycles. The molecule has 11 heteroatoms. The zero-order valence-electron chi connectivity index (χ0n) is 70.0. The fraction of sp³-hybridized carbons (Fsp3) is 0.0168. The normalized spacial score (nSPS) is 13.6.